The number of carbonyl (C=O) groups excluding carboxylic acids is 1. The summed E-state index contributed by atoms with van der Waals surface area (Å²) in [6.07, 6.45) is -9.90. The van der Waals surface area contributed by atoms with Crippen molar-refractivity contribution in [2.45, 2.75) is 31.2 Å². The van der Waals surface area contributed by atoms with E-state index in [1.165, 1.54) is 6.07 Å². The maximum atomic E-state index is 12.8. The minimum atomic E-state index is -4.60. The van der Waals surface area contributed by atoms with Crippen molar-refractivity contribution in [3.8, 4) is 0 Å². The lowest BCUT2D eigenvalue weighted by Gasteiger charge is -2.16. The predicted molar refractivity (Wildman–Crippen MR) is 89.9 cm³/mol. The van der Waals surface area contributed by atoms with E-state index in [4.69, 9.17) is 0 Å². The van der Waals surface area contributed by atoms with Crippen LogP contribution in [0, 0.1) is 0 Å². The van der Waals surface area contributed by atoms with E-state index < -0.39 is 47.8 Å². The largest absolute Gasteiger partial charge is 0.480 e. The highest BCUT2D eigenvalue weighted by Gasteiger charge is 2.31. The molecule has 0 saturated heterocycles. The number of hydrogen-bond donors (Lipinski definition) is 2. The molecule has 29 heavy (non-hydrogen) atoms. The van der Waals surface area contributed by atoms with E-state index in [1.54, 1.807) is 0 Å². The molecule has 0 saturated carbocycles. The molecule has 0 radical (unpaired) electrons. The molecule has 4 nitrogen and oxygen atoms in total. The molecule has 0 unspecified atom stereocenters. The third kappa shape index (κ3) is 6.51. The molecule has 1 amide bonds. The molecule has 10 heteroatoms. The van der Waals surface area contributed by atoms with Crippen molar-refractivity contribution in [2.75, 3.05) is 0 Å². The van der Waals surface area contributed by atoms with Gasteiger partial charge >= 0.3 is 18.3 Å². The predicted octanol–water partition coefficient (Wildman–Crippen LogP) is 4.08. The Labute approximate surface area is 161 Å². The van der Waals surface area contributed by atoms with E-state index in [0.29, 0.717) is 0 Å². The van der Waals surface area contributed by atoms with Gasteiger partial charge in [0.15, 0.2) is 0 Å². The number of aliphatic carboxylic acids is 1. The molecule has 2 aromatic carbocycles. The fourth-order valence-electron chi connectivity index (χ4n) is 2.55. The second-order valence-corrected chi connectivity index (χ2v) is 6.23. The molecule has 1 atom stereocenters. The fraction of sp³-hybridized carbons (Fsp3) is 0.263. The minimum Gasteiger partial charge on any atom is -0.480 e. The smallest absolute Gasteiger partial charge is 0.416 e. The van der Waals surface area contributed by atoms with Crippen LogP contribution in [0.4, 0.5) is 26.3 Å². The van der Waals surface area contributed by atoms with Crippen molar-refractivity contribution in [3.63, 3.8) is 0 Å². The number of hydrogen-bond acceptors (Lipinski definition) is 2. The zero-order valence-electron chi connectivity index (χ0n) is 14.6. The Balaban J connectivity index is 2.05. The summed E-state index contributed by atoms with van der Waals surface area (Å²) in [5.74, 6) is -2.24. The summed E-state index contributed by atoms with van der Waals surface area (Å²) >= 11 is 0. The van der Waals surface area contributed by atoms with Crippen LogP contribution in [-0.4, -0.2) is 23.0 Å². The zero-order chi connectivity index (χ0) is 21.8. The van der Waals surface area contributed by atoms with Gasteiger partial charge in [0.1, 0.15) is 6.04 Å². The van der Waals surface area contributed by atoms with Gasteiger partial charge in [-0.25, -0.2) is 4.79 Å². The number of amides is 1. The highest BCUT2D eigenvalue weighted by Crippen LogP contribution is 2.30. The number of benzene rings is 2. The normalized spacial score (nSPS) is 13.0. The lowest BCUT2D eigenvalue weighted by Crippen LogP contribution is -2.43. The molecular formula is C19H15F6NO3. The number of nitrogens with one attached hydrogen (secondary N) is 1. The first-order valence-electron chi connectivity index (χ1n) is 8.20. The monoisotopic (exact) mass is 419 g/mol. The van der Waals surface area contributed by atoms with Gasteiger partial charge in [-0.2, -0.15) is 26.3 Å². The van der Waals surface area contributed by atoms with Crippen molar-refractivity contribution in [2.24, 2.45) is 0 Å². The molecule has 0 aliphatic rings. The van der Waals surface area contributed by atoms with Crippen molar-refractivity contribution in [1.29, 1.82) is 0 Å². The van der Waals surface area contributed by atoms with E-state index in [9.17, 15) is 41.0 Å². The third-order valence-electron chi connectivity index (χ3n) is 3.97. The summed E-state index contributed by atoms with van der Waals surface area (Å²) in [6.45, 7) is 0. The van der Waals surface area contributed by atoms with Gasteiger partial charge in [0.25, 0.3) is 0 Å². The first-order chi connectivity index (χ1) is 13.4. The van der Waals surface area contributed by atoms with Crippen molar-refractivity contribution in [1.82, 2.24) is 5.32 Å². The average Bonchev–Trinajstić information content (AvgIpc) is 2.60. The van der Waals surface area contributed by atoms with Crippen LogP contribution in [0.5, 0.6) is 0 Å². The quantitative estimate of drug-likeness (QED) is 0.694. The lowest BCUT2D eigenvalue weighted by molar-refractivity contribution is -0.141. The van der Waals surface area contributed by atoms with Crippen molar-refractivity contribution >= 4 is 11.9 Å². The Kier molecular flexibility index (Phi) is 6.55. The first kappa shape index (κ1) is 22.3. The molecule has 0 heterocycles. The van der Waals surface area contributed by atoms with Crippen LogP contribution in [-0.2, 0) is 34.8 Å². The maximum Gasteiger partial charge on any atom is 0.416 e. The van der Waals surface area contributed by atoms with Crippen LogP contribution in [0.2, 0.25) is 0 Å². The fourth-order valence-corrected chi connectivity index (χ4v) is 2.55. The van der Waals surface area contributed by atoms with Crippen molar-refractivity contribution < 1.29 is 41.0 Å². The van der Waals surface area contributed by atoms with Crippen molar-refractivity contribution in [3.05, 3.63) is 70.8 Å². The molecule has 2 rings (SSSR count). The summed E-state index contributed by atoms with van der Waals surface area (Å²) in [5.41, 5.74) is -1.56. The molecule has 156 valence electrons. The second kappa shape index (κ2) is 8.54. The van der Waals surface area contributed by atoms with Gasteiger partial charge in [0.05, 0.1) is 17.5 Å². The number of carboxylic acids is 1. The molecule has 0 aromatic heterocycles. The molecule has 0 aliphatic carbocycles. The van der Waals surface area contributed by atoms with E-state index in [1.807, 2.05) is 0 Å². The molecular weight excluding hydrogens is 404 g/mol. The topological polar surface area (TPSA) is 66.4 Å². The van der Waals surface area contributed by atoms with Crippen LogP contribution in [0.1, 0.15) is 22.3 Å². The Morgan fingerprint density at radius 1 is 0.862 bits per heavy atom. The Hall–Kier alpha value is -3.04. The second-order valence-electron chi connectivity index (χ2n) is 6.23. The molecule has 0 fully saturated rings. The molecule has 2 N–H and O–H groups in total. The van der Waals surface area contributed by atoms with E-state index in [2.05, 4.69) is 5.32 Å². The molecule has 0 bridgehead atoms. The zero-order valence-corrected chi connectivity index (χ0v) is 14.6. The van der Waals surface area contributed by atoms with Crippen LogP contribution in [0.25, 0.3) is 0 Å². The van der Waals surface area contributed by atoms with E-state index in [-0.39, 0.29) is 17.5 Å². The minimum absolute atomic E-state index is 0.0575. The Morgan fingerprint density at radius 2 is 1.45 bits per heavy atom. The van der Waals surface area contributed by atoms with Gasteiger partial charge in [0.2, 0.25) is 5.91 Å². The number of halogens is 6. The summed E-state index contributed by atoms with van der Waals surface area (Å²) in [4.78, 5) is 23.4. The standard InChI is InChI=1S/C19H15F6NO3/c20-18(21,22)13-6-4-11(5-7-13)10-16(27)26-15(17(28)29)9-12-2-1-3-14(8-12)19(23,24)25/h1-8,15H,9-10H2,(H,26,27)(H,28,29)/t15-/m0/s1. The third-order valence-corrected chi connectivity index (χ3v) is 3.97. The van der Waals surface area contributed by atoms with E-state index >= 15 is 0 Å². The summed E-state index contributed by atoms with van der Waals surface area (Å²) in [7, 11) is 0. The maximum absolute atomic E-state index is 12.8. The summed E-state index contributed by atoms with van der Waals surface area (Å²) in [5, 5.41) is 11.4. The Morgan fingerprint density at radius 3 is 1.97 bits per heavy atom. The lowest BCUT2D eigenvalue weighted by atomic mass is 10.0. The summed E-state index contributed by atoms with van der Waals surface area (Å²) < 4.78 is 75.9. The molecule has 0 aliphatic heterocycles. The summed E-state index contributed by atoms with van der Waals surface area (Å²) in [6, 6.07) is 6.31. The van der Waals surface area contributed by atoms with Gasteiger partial charge < -0.3 is 10.4 Å². The highest BCUT2D eigenvalue weighted by atomic mass is 19.4. The number of alkyl halides is 6. The average molecular weight is 419 g/mol. The van der Waals surface area contributed by atoms with Crippen LogP contribution in [0.15, 0.2) is 48.5 Å². The first-order valence-corrected chi connectivity index (χ1v) is 8.20. The number of rotatable bonds is 6. The van der Waals surface area contributed by atoms with Crippen LogP contribution < -0.4 is 5.32 Å². The van der Waals surface area contributed by atoms with Gasteiger partial charge in [-0.1, -0.05) is 30.3 Å². The molecule has 0 spiro atoms. The van der Waals surface area contributed by atoms with Gasteiger partial charge in [0, 0.05) is 6.42 Å². The van der Waals surface area contributed by atoms with Crippen LogP contribution in [0.3, 0.4) is 0 Å². The van der Waals surface area contributed by atoms with Gasteiger partial charge in [-0.15, -0.1) is 0 Å². The van der Waals surface area contributed by atoms with Crippen LogP contribution >= 0.6 is 0 Å². The van der Waals surface area contributed by atoms with E-state index in [0.717, 1.165) is 42.5 Å². The number of carbonyl (C=O) groups is 2. The SMILES string of the molecule is O=C(Cc1ccc(C(F)(F)F)cc1)N[C@@H](Cc1cccc(C(F)(F)F)c1)C(=O)O. The van der Waals surface area contributed by atoms with Gasteiger partial charge in [-0.3, -0.25) is 4.79 Å². The molecule has 2 aromatic rings. The number of carboxylic acid groups (broad SMARTS) is 1. The highest BCUT2D eigenvalue weighted by molar-refractivity contribution is 5.85. The Bertz CT molecular complexity index is 875. The van der Waals surface area contributed by atoms with Gasteiger partial charge in [-0.05, 0) is 29.3 Å².